The van der Waals surface area contributed by atoms with Gasteiger partial charge in [0.15, 0.2) is 0 Å². The van der Waals surface area contributed by atoms with Crippen LogP contribution in [0.2, 0.25) is 0 Å². The number of nitrogens with one attached hydrogen (secondary N) is 1. The van der Waals surface area contributed by atoms with Gasteiger partial charge in [-0.3, -0.25) is 4.57 Å². The summed E-state index contributed by atoms with van der Waals surface area (Å²) >= 11 is 0. The van der Waals surface area contributed by atoms with E-state index in [1.165, 1.54) is 5.56 Å². The lowest BCUT2D eigenvalue weighted by molar-refractivity contribution is 0.480. The van der Waals surface area contributed by atoms with Gasteiger partial charge >= 0.3 is 0 Å². The van der Waals surface area contributed by atoms with Crippen LogP contribution in [0.25, 0.3) is 83.4 Å². The van der Waals surface area contributed by atoms with E-state index in [4.69, 9.17) is 9.97 Å². The minimum absolute atomic E-state index is 0.0691. The van der Waals surface area contributed by atoms with Gasteiger partial charge in [-0.25, -0.2) is 9.97 Å². The van der Waals surface area contributed by atoms with Crippen molar-refractivity contribution in [3.63, 3.8) is 0 Å². The summed E-state index contributed by atoms with van der Waals surface area (Å²) in [5.41, 5.74) is 12.6. The molecule has 3 aromatic heterocycles. The van der Waals surface area contributed by atoms with Gasteiger partial charge in [0, 0.05) is 33.8 Å². The highest BCUT2D eigenvalue weighted by molar-refractivity contribution is 6.03. The predicted octanol–water partition coefficient (Wildman–Crippen LogP) is 11.7. The third-order valence-electron chi connectivity index (χ3n) is 9.84. The highest BCUT2D eigenvalue weighted by atomic mass is 16.3. The summed E-state index contributed by atoms with van der Waals surface area (Å²) < 4.78 is 2.28. The van der Waals surface area contributed by atoms with Gasteiger partial charge in [-0.2, -0.15) is 0 Å². The Bertz CT molecular complexity index is 2730. The van der Waals surface area contributed by atoms with Gasteiger partial charge in [-0.05, 0) is 81.8 Å². The average Bonchev–Trinajstić information content (AvgIpc) is 3.80. The molecule has 5 heteroatoms. The summed E-state index contributed by atoms with van der Waals surface area (Å²) in [6.45, 7) is 6.75. The van der Waals surface area contributed by atoms with Crippen molar-refractivity contribution >= 4 is 32.8 Å². The Hall–Kier alpha value is -6.46. The van der Waals surface area contributed by atoms with Crippen LogP contribution in [0.15, 0.2) is 152 Å². The second-order valence-electron chi connectivity index (χ2n) is 14.2. The molecule has 5 nitrogen and oxygen atoms in total. The molecule has 0 aliphatic heterocycles. The van der Waals surface area contributed by atoms with Crippen LogP contribution < -0.4 is 0 Å². The molecule has 0 fully saturated rings. The molecule has 2 N–H and O–H groups in total. The molecule has 246 valence electrons. The highest BCUT2D eigenvalue weighted by Gasteiger charge is 2.24. The number of rotatable bonds is 5. The van der Waals surface area contributed by atoms with E-state index in [2.05, 4.69) is 133 Å². The van der Waals surface area contributed by atoms with Gasteiger partial charge in [0.25, 0.3) is 0 Å². The van der Waals surface area contributed by atoms with Crippen molar-refractivity contribution in [3.05, 3.63) is 157 Å². The standard InChI is InChI=1S/C46H36N4O/c1-46(2,3)33-25-32-23-24-47-42(32)38(27-33)45-49-43-36(39-28-37(30-15-8-5-9-16-30)35-19-12-22-41(51)44(35)48-39)20-11-21-40(43)50(45)34-18-10-17-31(26-34)29-13-6-4-7-14-29/h4-28,47,51H,1-3H3. The third-order valence-corrected chi connectivity index (χ3v) is 9.84. The van der Waals surface area contributed by atoms with E-state index < -0.39 is 0 Å². The van der Waals surface area contributed by atoms with E-state index in [-0.39, 0.29) is 11.2 Å². The first-order chi connectivity index (χ1) is 24.8. The number of fused-ring (bicyclic) bond motifs is 3. The van der Waals surface area contributed by atoms with Crippen LogP contribution in [0, 0.1) is 0 Å². The van der Waals surface area contributed by atoms with Crippen LogP contribution in [0.3, 0.4) is 0 Å². The van der Waals surface area contributed by atoms with Crippen molar-refractivity contribution < 1.29 is 5.11 Å². The molecule has 9 aromatic rings. The topological polar surface area (TPSA) is 66.7 Å². The Kier molecular flexibility index (Phi) is 7.11. The molecule has 0 unspecified atom stereocenters. The van der Waals surface area contributed by atoms with Crippen LogP contribution in [0.5, 0.6) is 5.75 Å². The number of pyridine rings is 1. The molecule has 51 heavy (non-hydrogen) atoms. The number of nitrogens with zero attached hydrogens (tertiary/aromatic N) is 3. The van der Waals surface area contributed by atoms with E-state index in [1.54, 1.807) is 6.07 Å². The number of phenols is 1. The van der Waals surface area contributed by atoms with Crippen molar-refractivity contribution in [2.45, 2.75) is 26.2 Å². The number of hydrogen-bond acceptors (Lipinski definition) is 3. The van der Waals surface area contributed by atoms with Crippen molar-refractivity contribution in [2.24, 2.45) is 0 Å². The number of aromatic amines is 1. The minimum atomic E-state index is -0.0691. The Morgan fingerprint density at radius 2 is 1.31 bits per heavy atom. The predicted molar refractivity (Wildman–Crippen MR) is 210 cm³/mol. The molecule has 0 bridgehead atoms. The molecule has 0 saturated heterocycles. The molecule has 0 saturated carbocycles. The summed E-state index contributed by atoms with van der Waals surface area (Å²) in [5.74, 6) is 0.990. The van der Waals surface area contributed by atoms with E-state index >= 15 is 0 Å². The van der Waals surface area contributed by atoms with Crippen molar-refractivity contribution in [1.82, 2.24) is 19.5 Å². The molecular formula is C46H36N4O. The third kappa shape index (κ3) is 5.26. The van der Waals surface area contributed by atoms with E-state index in [0.717, 1.165) is 77.9 Å². The summed E-state index contributed by atoms with van der Waals surface area (Å²) in [5, 5.41) is 13.1. The summed E-state index contributed by atoms with van der Waals surface area (Å²) in [7, 11) is 0. The van der Waals surface area contributed by atoms with Crippen molar-refractivity contribution in [2.75, 3.05) is 0 Å². The highest BCUT2D eigenvalue weighted by Crippen LogP contribution is 2.41. The molecule has 6 aromatic carbocycles. The maximum atomic E-state index is 11.1. The van der Waals surface area contributed by atoms with Gasteiger partial charge in [-0.1, -0.05) is 118 Å². The number of hydrogen-bond donors (Lipinski definition) is 2. The lowest BCUT2D eigenvalue weighted by Crippen LogP contribution is -2.11. The van der Waals surface area contributed by atoms with Crippen LogP contribution in [0.1, 0.15) is 26.3 Å². The van der Waals surface area contributed by atoms with E-state index in [1.807, 2.05) is 42.6 Å². The largest absolute Gasteiger partial charge is 0.506 e. The molecular weight excluding hydrogens is 625 g/mol. The smallest absolute Gasteiger partial charge is 0.147 e. The number of aromatic nitrogens is 4. The number of imidazole rings is 1. The number of H-pyrrole nitrogens is 1. The number of para-hydroxylation sites is 2. The fourth-order valence-corrected chi connectivity index (χ4v) is 7.21. The summed E-state index contributed by atoms with van der Waals surface area (Å²) in [4.78, 5) is 14.2. The zero-order chi connectivity index (χ0) is 34.7. The fraction of sp³-hybridized carbons (Fsp3) is 0.0870. The zero-order valence-corrected chi connectivity index (χ0v) is 28.7. The fourth-order valence-electron chi connectivity index (χ4n) is 7.21. The van der Waals surface area contributed by atoms with Gasteiger partial charge < -0.3 is 10.1 Å². The Balaban J connectivity index is 1.36. The Morgan fingerprint density at radius 3 is 2.10 bits per heavy atom. The molecule has 0 aliphatic carbocycles. The zero-order valence-electron chi connectivity index (χ0n) is 28.7. The lowest BCUT2D eigenvalue weighted by atomic mass is 9.85. The summed E-state index contributed by atoms with van der Waals surface area (Å²) in [6.07, 6.45) is 2.01. The minimum Gasteiger partial charge on any atom is -0.506 e. The molecule has 0 radical (unpaired) electrons. The van der Waals surface area contributed by atoms with Gasteiger partial charge in [0.1, 0.15) is 17.1 Å². The lowest BCUT2D eigenvalue weighted by Gasteiger charge is -2.21. The maximum absolute atomic E-state index is 11.1. The first kappa shape index (κ1) is 30.6. The van der Waals surface area contributed by atoms with Crippen LogP contribution in [-0.4, -0.2) is 24.6 Å². The second kappa shape index (κ2) is 11.9. The normalized spacial score (nSPS) is 11.9. The molecule has 0 spiro atoms. The first-order valence-electron chi connectivity index (χ1n) is 17.3. The maximum Gasteiger partial charge on any atom is 0.147 e. The Labute approximate surface area is 296 Å². The number of aromatic hydroxyl groups is 1. The first-order valence-corrected chi connectivity index (χ1v) is 17.3. The van der Waals surface area contributed by atoms with E-state index in [9.17, 15) is 5.11 Å². The van der Waals surface area contributed by atoms with Gasteiger partial charge in [0.05, 0.1) is 22.2 Å². The van der Waals surface area contributed by atoms with Gasteiger partial charge in [-0.15, -0.1) is 0 Å². The van der Waals surface area contributed by atoms with E-state index in [0.29, 0.717) is 5.52 Å². The molecule has 0 amide bonds. The number of benzene rings is 6. The molecule has 9 rings (SSSR count). The number of phenolic OH excluding ortho intramolecular Hbond substituents is 1. The van der Waals surface area contributed by atoms with Crippen LogP contribution >= 0.6 is 0 Å². The quantitative estimate of drug-likeness (QED) is 0.193. The summed E-state index contributed by atoms with van der Waals surface area (Å²) in [6, 6.07) is 50.2. The van der Waals surface area contributed by atoms with Crippen LogP contribution in [-0.2, 0) is 5.41 Å². The monoisotopic (exact) mass is 660 g/mol. The SMILES string of the molecule is CC(C)(C)c1cc(-c2nc3c(-c4cc(-c5ccccc5)c5cccc(O)c5n4)cccc3n2-c2cccc(-c3ccccc3)c2)c2[nH]ccc2c1. The molecule has 0 atom stereocenters. The van der Waals surface area contributed by atoms with Crippen LogP contribution in [0.4, 0.5) is 0 Å². The van der Waals surface area contributed by atoms with Crippen molar-refractivity contribution in [3.8, 4) is 56.3 Å². The molecule has 0 aliphatic rings. The Morgan fingerprint density at radius 1 is 0.588 bits per heavy atom. The van der Waals surface area contributed by atoms with Gasteiger partial charge in [0.2, 0.25) is 0 Å². The van der Waals surface area contributed by atoms with Crippen molar-refractivity contribution in [1.29, 1.82) is 0 Å². The average molecular weight is 661 g/mol. The molecule has 3 heterocycles. The second-order valence-corrected chi connectivity index (χ2v) is 14.2.